The van der Waals surface area contributed by atoms with Crippen molar-refractivity contribution in [1.82, 2.24) is 0 Å². The summed E-state index contributed by atoms with van der Waals surface area (Å²) in [6.07, 6.45) is 0.596. The van der Waals surface area contributed by atoms with Crippen molar-refractivity contribution < 1.29 is 9.53 Å². The third kappa shape index (κ3) is 2.14. The molecule has 0 bridgehead atoms. The molecule has 0 radical (unpaired) electrons. The summed E-state index contributed by atoms with van der Waals surface area (Å²) in [5, 5.41) is 0. The van der Waals surface area contributed by atoms with Gasteiger partial charge in [-0.3, -0.25) is 4.79 Å². The van der Waals surface area contributed by atoms with Crippen LogP contribution >= 0.6 is 0 Å². The molecule has 72 valence electrons. The first-order chi connectivity index (χ1) is 6.69. The fraction of sp³-hybridized carbons (Fsp3) is 0.250. The van der Waals surface area contributed by atoms with Gasteiger partial charge in [0.05, 0.1) is 7.11 Å². The second kappa shape index (κ2) is 4.48. The highest BCUT2D eigenvalue weighted by atomic mass is 16.5. The van der Waals surface area contributed by atoms with E-state index >= 15 is 0 Å². The Labute approximate surface area is 83.9 Å². The predicted molar refractivity (Wildman–Crippen MR) is 55.4 cm³/mol. The normalized spacial score (nSPS) is 8.79. The number of ether oxygens (including phenoxy) is 1. The van der Waals surface area contributed by atoms with Gasteiger partial charge in [0.2, 0.25) is 0 Å². The van der Waals surface area contributed by atoms with E-state index in [4.69, 9.17) is 4.74 Å². The Morgan fingerprint density at radius 1 is 1.29 bits per heavy atom. The van der Waals surface area contributed by atoms with Gasteiger partial charge in [0, 0.05) is 5.56 Å². The Kier molecular flexibility index (Phi) is 3.30. The highest BCUT2D eigenvalue weighted by Gasteiger charge is 2.02. The van der Waals surface area contributed by atoms with Crippen LogP contribution in [0.2, 0.25) is 0 Å². The van der Waals surface area contributed by atoms with Crippen LogP contribution in [-0.2, 0) is 4.79 Å². The summed E-state index contributed by atoms with van der Waals surface area (Å²) < 4.78 is 5.17. The first-order valence-corrected chi connectivity index (χ1v) is 4.29. The van der Waals surface area contributed by atoms with E-state index < -0.39 is 0 Å². The molecule has 0 saturated heterocycles. The Morgan fingerprint density at radius 2 is 2.00 bits per heavy atom. The molecular formula is C12H12O2. The molecule has 2 nitrogen and oxygen atoms in total. The van der Waals surface area contributed by atoms with Crippen LogP contribution in [-0.4, -0.2) is 13.4 Å². The number of carbonyl (C=O) groups excluding carboxylic acids is 1. The number of hydrogen-bond donors (Lipinski definition) is 0. The van der Waals surface area contributed by atoms with E-state index in [9.17, 15) is 4.79 Å². The van der Waals surface area contributed by atoms with Crippen molar-refractivity contribution in [3.63, 3.8) is 0 Å². The average molecular weight is 188 g/mol. The molecule has 0 amide bonds. The van der Waals surface area contributed by atoms with Crippen molar-refractivity contribution in [2.45, 2.75) is 13.8 Å². The van der Waals surface area contributed by atoms with Gasteiger partial charge in [0.15, 0.2) is 6.29 Å². The molecular weight excluding hydrogens is 176 g/mol. The minimum Gasteiger partial charge on any atom is -0.496 e. The molecule has 0 fully saturated rings. The average Bonchev–Trinajstić information content (AvgIpc) is 2.18. The van der Waals surface area contributed by atoms with Crippen molar-refractivity contribution in [2.24, 2.45) is 0 Å². The SMILES string of the molecule is COc1cc(C)c(C#CC=O)cc1C. The number of benzene rings is 1. The zero-order valence-corrected chi connectivity index (χ0v) is 8.55. The molecule has 0 aliphatic rings. The van der Waals surface area contributed by atoms with Gasteiger partial charge in [0.25, 0.3) is 0 Å². The Balaban J connectivity index is 3.21. The smallest absolute Gasteiger partial charge is 0.193 e. The molecule has 0 aliphatic carbocycles. The number of hydrogen-bond acceptors (Lipinski definition) is 2. The van der Waals surface area contributed by atoms with Crippen LogP contribution in [0.4, 0.5) is 0 Å². The number of methoxy groups -OCH3 is 1. The number of aryl methyl sites for hydroxylation is 2. The standard InChI is InChI=1S/C12H12O2/c1-9-8-12(14-3)10(2)7-11(9)5-4-6-13/h6-8H,1-3H3. The molecule has 0 unspecified atom stereocenters. The van der Waals surface area contributed by atoms with Crippen LogP contribution < -0.4 is 4.74 Å². The first-order valence-electron chi connectivity index (χ1n) is 4.29. The van der Waals surface area contributed by atoms with Gasteiger partial charge < -0.3 is 4.74 Å². The van der Waals surface area contributed by atoms with Gasteiger partial charge in [-0.2, -0.15) is 0 Å². The van der Waals surface area contributed by atoms with Gasteiger partial charge in [-0.1, -0.05) is 5.92 Å². The van der Waals surface area contributed by atoms with Crippen molar-refractivity contribution in [1.29, 1.82) is 0 Å². The summed E-state index contributed by atoms with van der Waals surface area (Å²) >= 11 is 0. The summed E-state index contributed by atoms with van der Waals surface area (Å²) in [6, 6.07) is 3.84. The van der Waals surface area contributed by atoms with Crippen molar-refractivity contribution in [3.8, 4) is 17.6 Å². The van der Waals surface area contributed by atoms with E-state index in [-0.39, 0.29) is 0 Å². The lowest BCUT2D eigenvalue weighted by molar-refractivity contribution is -0.103. The van der Waals surface area contributed by atoms with Gasteiger partial charge in [-0.05, 0) is 43.0 Å². The molecule has 14 heavy (non-hydrogen) atoms. The molecule has 1 rings (SSSR count). The lowest BCUT2D eigenvalue weighted by Gasteiger charge is -2.07. The number of aldehydes is 1. The molecule has 0 atom stereocenters. The van der Waals surface area contributed by atoms with E-state index in [1.165, 1.54) is 0 Å². The Bertz CT molecular complexity index is 408. The largest absolute Gasteiger partial charge is 0.496 e. The molecule has 0 aromatic heterocycles. The third-order valence-corrected chi connectivity index (χ3v) is 2.01. The van der Waals surface area contributed by atoms with E-state index in [1.807, 2.05) is 26.0 Å². The summed E-state index contributed by atoms with van der Waals surface area (Å²) in [4.78, 5) is 10.1. The van der Waals surface area contributed by atoms with E-state index in [1.54, 1.807) is 7.11 Å². The molecule has 1 aromatic rings. The lowest BCUT2D eigenvalue weighted by Crippen LogP contribution is -1.91. The minimum absolute atomic E-state index is 0.596. The predicted octanol–water partition coefficient (Wildman–Crippen LogP) is 1.86. The zero-order valence-electron chi connectivity index (χ0n) is 8.55. The van der Waals surface area contributed by atoms with E-state index in [0.29, 0.717) is 6.29 Å². The topological polar surface area (TPSA) is 26.3 Å². The molecule has 1 aromatic carbocycles. The van der Waals surface area contributed by atoms with Gasteiger partial charge in [-0.15, -0.1) is 0 Å². The van der Waals surface area contributed by atoms with Crippen LogP contribution in [0.25, 0.3) is 0 Å². The van der Waals surface area contributed by atoms with Crippen LogP contribution in [0, 0.1) is 25.7 Å². The van der Waals surface area contributed by atoms with E-state index in [2.05, 4.69) is 11.8 Å². The second-order valence-electron chi connectivity index (χ2n) is 3.02. The third-order valence-electron chi connectivity index (χ3n) is 2.01. The highest BCUT2D eigenvalue weighted by Crippen LogP contribution is 2.21. The van der Waals surface area contributed by atoms with Crippen LogP contribution in [0.3, 0.4) is 0 Å². The summed E-state index contributed by atoms with van der Waals surface area (Å²) in [6.45, 7) is 3.89. The lowest BCUT2D eigenvalue weighted by atomic mass is 10.1. The van der Waals surface area contributed by atoms with Gasteiger partial charge >= 0.3 is 0 Å². The molecule has 0 aliphatic heterocycles. The van der Waals surface area contributed by atoms with E-state index in [0.717, 1.165) is 22.4 Å². The van der Waals surface area contributed by atoms with Crippen LogP contribution in [0.5, 0.6) is 5.75 Å². The van der Waals surface area contributed by atoms with Crippen LogP contribution in [0.1, 0.15) is 16.7 Å². The Morgan fingerprint density at radius 3 is 2.57 bits per heavy atom. The molecule has 0 saturated carbocycles. The summed E-state index contributed by atoms with van der Waals surface area (Å²) in [5.74, 6) is 6.03. The monoisotopic (exact) mass is 188 g/mol. The molecule has 0 N–H and O–H groups in total. The molecule has 0 heterocycles. The fourth-order valence-electron chi connectivity index (χ4n) is 1.25. The maximum atomic E-state index is 10.1. The van der Waals surface area contributed by atoms with Gasteiger partial charge in [0.1, 0.15) is 5.75 Å². The molecule has 0 spiro atoms. The fourth-order valence-corrected chi connectivity index (χ4v) is 1.25. The van der Waals surface area contributed by atoms with Crippen LogP contribution in [0.15, 0.2) is 12.1 Å². The maximum absolute atomic E-state index is 10.1. The quantitative estimate of drug-likeness (QED) is 0.496. The first kappa shape index (κ1) is 10.3. The van der Waals surface area contributed by atoms with Crippen molar-refractivity contribution in [3.05, 3.63) is 28.8 Å². The van der Waals surface area contributed by atoms with Crippen molar-refractivity contribution >= 4 is 6.29 Å². The van der Waals surface area contributed by atoms with Gasteiger partial charge in [-0.25, -0.2) is 0 Å². The number of carbonyl (C=O) groups is 1. The number of rotatable bonds is 1. The second-order valence-corrected chi connectivity index (χ2v) is 3.02. The molecule has 2 heteroatoms. The summed E-state index contributed by atoms with van der Waals surface area (Å²) in [5.41, 5.74) is 2.91. The minimum atomic E-state index is 0.596. The summed E-state index contributed by atoms with van der Waals surface area (Å²) in [7, 11) is 1.64. The van der Waals surface area contributed by atoms with Crippen molar-refractivity contribution in [2.75, 3.05) is 7.11 Å². The highest BCUT2D eigenvalue weighted by molar-refractivity contribution is 5.74. The maximum Gasteiger partial charge on any atom is 0.193 e. The zero-order chi connectivity index (χ0) is 10.6. The Hall–Kier alpha value is -1.75.